The summed E-state index contributed by atoms with van der Waals surface area (Å²) in [5.74, 6) is 2.92. The number of hydrogen-bond acceptors (Lipinski definition) is 3. The van der Waals surface area contributed by atoms with Crippen molar-refractivity contribution in [2.45, 2.75) is 104 Å². The predicted octanol–water partition coefficient (Wildman–Crippen LogP) is 9.18. The van der Waals surface area contributed by atoms with Gasteiger partial charge < -0.3 is 9.47 Å². The fourth-order valence-corrected chi connectivity index (χ4v) is 5.24. The number of aryl methyl sites for hydroxylation is 1. The first kappa shape index (κ1) is 27.3. The van der Waals surface area contributed by atoms with Crippen LogP contribution < -0.4 is 9.47 Å². The molecule has 0 atom stereocenters. The normalized spacial score (nSPS) is 17.8. The lowest BCUT2D eigenvalue weighted by molar-refractivity contribution is 0.0734. The second-order valence-corrected chi connectivity index (χ2v) is 10.4. The molecule has 2 aromatic carbocycles. The molecule has 1 aliphatic rings. The van der Waals surface area contributed by atoms with Crippen LogP contribution in [-0.4, -0.2) is 12.6 Å². The van der Waals surface area contributed by atoms with Crippen LogP contribution in [0, 0.1) is 11.8 Å². The van der Waals surface area contributed by atoms with E-state index in [-0.39, 0.29) is 5.97 Å². The van der Waals surface area contributed by atoms with Gasteiger partial charge in [0.25, 0.3) is 0 Å². The third kappa shape index (κ3) is 10.1. The Morgan fingerprint density at radius 1 is 0.714 bits per heavy atom. The lowest BCUT2D eigenvalue weighted by atomic mass is 9.78. The minimum atomic E-state index is -0.330. The van der Waals surface area contributed by atoms with E-state index in [0.717, 1.165) is 37.0 Å². The minimum Gasteiger partial charge on any atom is -0.494 e. The van der Waals surface area contributed by atoms with Crippen LogP contribution in [0.2, 0.25) is 0 Å². The molecule has 1 fully saturated rings. The van der Waals surface area contributed by atoms with Crippen molar-refractivity contribution in [2.75, 3.05) is 6.61 Å². The minimum absolute atomic E-state index is 0.330. The molecule has 1 aliphatic carbocycles. The molecular formula is C32H46O3. The Hall–Kier alpha value is -2.29. The molecule has 0 saturated heterocycles. The van der Waals surface area contributed by atoms with Crippen molar-refractivity contribution in [3.05, 3.63) is 59.7 Å². The van der Waals surface area contributed by atoms with Gasteiger partial charge in [-0.3, -0.25) is 0 Å². The Balaban J connectivity index is 1.35. The molecular weight excluding hydrogens is 432 g/mol. The highest BCUT2D eigenvalue weighted by Crippen LogP contribution is 2.34. The third-order valence-corrected chi connectivity index (χ3v) is 7.50. The van der Waals surface area contributed by atoms with Gasteiger partial charge in [0.15, 0.2) is 0 Å². The fourth-order valence-electron chi connectivity index (χ4n) is 5.24. The maximum absolute atomic E-state index is 12.5. The van der Waals surface area contributed by atoms with Crippen LogP contribution >= 0.6 is 0 Å². The van der Waals surface area contributed by atoms with Crippen LogP contribution in [-0.2, 0) is 6.42 Å². The van der Waals surface area contributed by atoms with Crippen LogP contribution in [0.3, 0.4) is 0 Å². The van der Waals surface area contributed by atoms with E-state index in [0.29, 0.717) is 11.3 Å². The molecule has 0 radical (unpaired) electrons. The fraction of sp³-hybridized carbons (Fsp3) is 0.594. The van der Waals surface area contributed by atoms with Gasteiger partial charge in [-0.15, -0.1) is 0 Å². The topological polar surface area (TPSA) is 35.5 Å². The van der Waals surface area contributed by atoms with Crippen LogP contribution in [0.1, 0.15) is 113 Å². The molecule has 0 aliphatic heterocycles. The average molecular weight is 479 g/mol. The Labute approximate surface area is 213 Å². The summed E-state index contributed by atoms with van der Waals surface area (Å²) in [5, 5.41) is 0. The van der Waals surface area contributed by atoms with Crippen LogP contribution in [0.25, 0.3) is 0 Å². The molecule has 1 saturated carbocycles. The van der Waals surface area contributed by atoms with Crippen molar-refractivity contribution in [3.8, 4) is 11.5 Å². The summed E-state index contributed by atoms with van der Waals surface area (Å²) in [6, 6.07) is 15.3. The number of esters is 1. The monoisotopic (exact) mass is 478 g/mol. The van der Waals surface area contributed by atoms with Gasteiger partial charge in [-0.25, -0.2) is 4.79 Å². The van der Waals surface area contributed by atoms with Crippen LogP contribution in [0.5, 0.6) is 11.5 Å². The maximum atomic E-state index is 12.5. The molecule has 0 unspecified atom stereocenters. The molecule has 0 bridgehead atoms. The van der Waals surface area contributed by atoms with Crippen molar-refractivity contribution in [3.63, 3.8) is 0 Å². The van der Waals surface area contributed by atoms with Crippen LogP contribution in [0.4, 0.5) is 0 Å². The SMILES string of the molecule is CCCCCCCCOc1ccc(C(=O)Oc2ccc(CC[C@H]3CC[C@H](CCC)CC3)cc2)cc1. The number of carbonyl (C=O) groups excluding carboxylic acids is 1. The molecule has 3 rings (SSSR count). The van der Waals surface area contributed by atoms with Gasteiger partial charge in [0.2, 0.25) is 0 Å². The van der Waals surface area contributed by atoms with Gasteiger partial charge in [-0.05, 0) is 73.1 Å². The largest absolute Gasteiger partial charge is 0.494 e. The summed E-state index contributed by atoms with van der Waals surface area (Å²) in [4.78, 5) is 12.5. The Morgan fingerprint density at radius 3 is 1.97 bits per heavy atom. The number of rotatable bonds is 15. The lowest BCUT2D eigenvalue weighted by Crippen LogP contribution is -2.15. The first-order chi connectivity index (χ1) is 17.2. The van der Waals surface area contributed by atoms with E-state index in [1.165, 1.54) is 82.6 Å². The predicted molar refractivity (Wildman–Crippen MR) is 145 cm³/mol. The molecule has 2 aromatic rings. The number of ether oxygens (including phenoxy) is 2. The third-order valence-electron chi connectivity index (χ3n) is 7.50. The quantitative estimate of drug-likeness (QED) is 0.145. The first-order valence-electron chi connectivity index (χ1n) is 14.2. The van der Waals surface area contributed by atoms with E-state index < -0.39 is 0 Å². The lowest BCUT2D eigenvalue weighted by Gasteiger charge is -2.28. The molecule has 3 nitrogen and oxygen atoms in total. The second-order valence-electron chi connectivity index (χ2n) is 10.4. The number of unbranched alkanes of at least 4 members (excludes halogenated alkanes) is 5. The molecule has 35 heavy (non-hydrogen) atoms. The van der Waals surface area contributed by atoms with Crippen molar-refractivity contribution < 1.29 is 14.3 Å². The summed E-state index contributed by atoms with van der Waals surface area (Å²) >= 11 is 0. The maximum Gasteiger partial charge on any atom is 0.343 e. The second kappa shape index (κ2) is 15.7. The van der Waals surface area contributed by atoms with Gasteiger partial charge in [0, 0.05) is 0 Å². The molecule has 3 heteroatoms. The zero-order valence-corrected chi connectivity index (χ0v) is 22.1. The molecule has 0 heterocycles. The van der Waals surface area contributed by atoms with E-state index in [9.17, 15) is 4.79 Å². The summed E-state index contributed by atoms with van der Waals surface area (Å²) in [6.07, 6.45) is 18.2. The number of benzene rings is 2. The zero-order chi connectivity index (χ0) is 24.7. The standard InChI is InChI=1S/C32H46O3/c1-3-5-6-7-8-9-25-34-30-23-19-29(20-24-30)32(33)35-31-21-17-28(18-22-31)16-15-27-13-11-26(10-4-2)12-14-27/h17-24,26-27H,3-16,25H2,1-2H3/t26-,27-. The Morgan fingerprint density at radius 2 is 1.31 bits per heavy atom. The van der Waals surface area contributed by atoms with Crippen molar-refractivity contribution in [1.82, 2.24) is 0 Å². The highest BCUT2D eigenvalue weighted by molar-refractivity contribution is 5.91. The number of hydrogen-bond donors (Lipinski definition) is 0. The molecule has 192 valence electrons. The van der Waals surface area contributed by atoms with Crippen molar-refractivity contribution in [1.29, 1.82) is 0 Å². The smallest absolute Gasteiger partial charge is 0.343 e. The summed E-state index contributed by atoms with van der Waals surface area (Å²) in [7, 11) is 0. The van der Waals surface area contributed by atoms with E-state index in [1.807, 2.05) is 24.3 Å². The summed E-state index contributed by atoms with van der Waals surface area (Å²) < 4.78 is 11.4. The van der Waals surface area contributed by atoms with Crippen LogP contribution in [0.15, 0.2) is 48.5 Å². The summed E-state index contributed by atoms with van der Waals surface area (Å²) in [5.41, 5.74) is 1.87. The van der Waals surface area contributed by atoms with Gasteiger partial charge in [-0.2, -0.15) is 0 Å². The Bertz CT molecular complexity index is 832. The molecule has 0 N–H and O–H groups in total. The highest BCUT2D eigenvalue weighted by Gasteiger charge is 2.20. The van der Waals surface area contributed by atoms with Gasteiger partial charge in [0.1, 0.15) is 11.5 Å². The van der Waals surface area contributed by atoms with Gasteiger partial charge in [0.05, 0.1) is 12.2 Å². The van der Waals surface area contributed by atoms with Gasteiger partial charge >= 0.3 is 5.97 Å². The van der Waals surface area contributed by atoms with Gasteiger partial charge in [-0.1, -0.05) is 96.6 Å². The average Bonchev–Trinajstić information content (AvgIpc) is 2.89. The zero-order valence-electron chi connectivity index (χ0n) is 22.1. The first-order valence-corrected chi connectivity index (χ1v) is 14.2. The van der Waals surface area contributed by atoms with E-state index >= 15 is 0 Å². The Kier molecular flexibility index (Phi) is 12.2. The van der Waals surface area contributed by atoms with E-state index in [4.69, 9.17) is 9.47 Å². The summed E-state index contributed by atoms with van der Waals surface area (Å²) in [6.45, 7) is 5.26. The molecule has 0 spiro atoms. The van der Waals surface area contributed by atoms with Crippen molar-refractivity contribution in [2.24, 2.45) is 11.8 Å². The highest BCUT2D eigenvalue weighted by atomic mass is 16.5. The number of carbonyl (C=O) groups is 1. The van der Waals surface area contributed by atoms with E-state index in [1.54, 1.807) is 12.1 Å². The van der Waals surface area contributed by atoms with E-state index in [2.05, 4.69) is 26.0 Å². The van der Waals surface area contributed by atoms with Crippen molar-refractivity contribution >= 4 is 5.97 Å². The molecule has 0 aromatic heterocycles. The molecule has 0 amide bonds.